The Kier molecular flexibility index (Phi) is 7.80. The molecule has 1 atom stereocenters. The summed E-state index contributed by atoms with van der Waals surface area (Å²) in [4.78, 5) is 11.6. The van der Waals surface area contributed by atoms with Crippen molar-refractivity contribution < 1.29 is 9.53 Å². The maximum atomic E-state index is 11.6. The molecule has 0 aromatic rings. The zero-order valence-corrected chi connectivity index (χ0v) is 11.5. The van der Waals surface area contributed by atoms with E-state index in [1.807, 2.05) is 6.26 Å². The fourth-order valence-corrected chi connectivity index (χ4v) is 1.30. The second-order valence-corrected chi connectivity index (χ2v) is 5.94. The Morgan fingerprint density at radius 3 is 2.69 bits per heavy atom. The summed E-state index contributed by atoms with van der Waals surface area (Å²) in [6.07, 6.45) is 3.51. The highest BCUT2D eigenvalue weighted by atomic mass is 32.2. The highest BCUT2D eigenvalue weighted by molar-refractivity contribution is 7.99. The Hall–Kier alpha value is -0.260. The van der Waals surface area contributed by atoms with E-state index in [2.05, 4.69) is 19.2 Å². The largest absolute Gasteiger partial charge is 0.385 e. The zero-order chi connectivity index (χ0) is 12.6. The molecule has 0 aliphatic rings. The van der Waals surface area contributed by atoms with Crippen LogP contribution in [0.5, 0.6) is 0 Å². The van der Waals surface area contributed by atoms with Gasteiger partial charge in [-0.3, -0.25) is 4.79 Å². The van der Waals surface area contributed by atoms with Crippen LogP contribution < -0.4 is 11.1 Å². The lowest BCUT2D eigenvalue weighted by Crippen LogP contribution is -2.45. The second kappa shape index (κ2) is 7.92. The minimum absolute atomic E-state index is 0.0575. The fraction of sp³-hybridized carbons (Fsp3) is 0.909. The number of carbonyl (C=O) groups excluding carboxylic acids is 1. The number of nitrogens with one attached hydrogen (secondary N) is 1. The summed E-state index contributed by atoms with van der Waals surface area (Å²) in [7, 11) is 1.65. The van der Waals surface area contributed by atoms with Crippen LogP contribution in [0.2, 0.25) is 0 Å². The quantitative estimate of drug-likeness (QED) is 0.629. The van der Waals surface area contributed by atoms with Crippen LogP contribution in [0.1, 0.15) is 26.7 Å². The van der Waals surface area contributed by atoms with Crippen LogP contribution in [0, 0.1) is 0 Å². The molecule has 0 saturated carbocycles. The molecule has 4 nitrogen and oxygen atoms in total. The molecule has 0 aliphatic carbocycles. The van der Waals surface area contributed by atoms with Crippen molar-refractivity contribution in [3.05, 3.63) is 0 Å². The topological polar surface area (TPSA) is 64.3 Å². The molecule has 1 amide bonds. The van der Waals surface area contributed by atoms with Gasteiger partial charge in [-0.05, 0) is 32.9 Å². The molecule has 0 rings (SSSR count). The molecule has 0 heterocycles. The molecule has 0 fully saturated rings. The Morgan fingerprint density at radius 2 is 2.19 bits per heavy atom. The summed E-state index contributed by atoms with van der Waals surface area (Å²) in [5, 5.41) is 2.87. The highest BCUT2D eigenvalue weighted by Crippen LogP contribution is 2.19. The number of ether oxygens (including phenoxy) is 1. The van der Waals surface area contributed by atoms with Crippen molar-refractivity contribution in [1.82, 2.24) is 5.32 Å². The van der Waals surface area contributed by atoms with Crippen LogP contribution >= 0.6 is 11.8 Å². The van der Waals surface area contributed by atoms with Crippen molar-refractivity contribution in [3.63, 3.8) is 0 Å². The lowest BCUT2D eigenvalue weighted by molar-refractivity contribution is -0.122. The molecule has 0 saturated heterocycles. The van der Waals surface area contributed by atoms with Gasteiger partial charge in [0.05, 0.1) is 6.04 Å². The number of methoxy groups -OCH3 is 1. The molecule has 0 aromatic carbocycles. The Balaban J connectivity index is 3.79. The second-order valence-electron chi connectivity index (χ2n) is 4.42. The van der Waals surface area contributed by atoms with Gasteiger partial charge < -0.3 is 15.8 Å². The monoisotopic (exact) mass is 248 g/mol. The van der Waals surface area contributed by atoms with Crippen molar-refractivity contribution in [2.45, 2.75) is 37.5 Å². The van der Waals surface area contributed by atoms with E-state index in [1.165, 1.54) is 0 Å². The van der Waals surface area contributed by atoms with Gasteiger partial charge in [0.25, 0.3) is 0 Å². The van der Waals surface area contributed by atoms with Crippen LogP contribution in [0.15, 0.2) is 0 Å². The van der Waals surface area contributed by atoms with E-state index in [9.17, 15) is 4.79 Å². The number of rotatable bonds is 8. The van der Waals surface area contributed by atoms with E-state index in [-0.39, 0.29) is 10.7 Å². The maximum absolute atomic E-state index is 11.6. The minimum Gasteiger partial charge on any atom is -0.385 e. The lowest BCUT2D eigenvalue weighted by Gasteiger charge is -2.23. The van der Waals surface area contributed by atoms with Gasteiger partial charge in [0.1, 0.15) is 0 Å². The molecule has 16 heavy (non-hydrogen) atoms. The van der Waals surface area contributed by atoms with Crippen molar-refractivity contribution >= 4 is 17.7 Å². The standard InChI is InChI=1S/C11H24N2O2S/c1-11(2,16-4)8-13-10(14)9(12)6-5-7-15-3/h9H,5-8,12H2,1-4H3,(H,13,14). The molecule has 0 aliphatic heterocycles. The Bertz CT molecular complexity index is 210. The first kappa shape index (κ1) is 15.7. The van der Waals surface area contributed by atoms with E-state index in [1.54, 1.807) is 18.9 Å². The molecule has 0 bridgehead atoms. The molecule has 1 unspecified atom stereocenters. The average molecular weight is 248 g/mol. The highest BCUT2D eigenvalue weighted by Gasteiger charge is 2.19. The van der Waals surface area contributed by atoms with Gasteiger partial charge in [0, 0.05) is 25.0 Å². The number of nitrogens with two attached hydrogens (primary N) is 1. The summed E-state index contributed by atoms with van der Waals surface area (Å²) in [5.74, 6) is -0.0711. The first-order chi connectivity index (χ1) is 7.43. The summed E-state index contributed by atoms with van der Waals surface area (Å²) in [5.41, 5.74) is 5.75. The van der Waals surface area contributed by atoms with Crippen molar-refractivity contribution in [2.24, 2.45) is 5.73 Å². The van der Waals surface area contributed by atoms with E-state index in [0.29, 0.717) is 19.6 Å². The van der Waals surface area contributed by atoms with Gasteiger partial charge in [-0.1, -0.05) is 0 Å². The Labute approximate surface area is 103 Å². The molecule has 96 valence electrons. The average Bonchev–Trinajstić information content (AvgIpc) is 2.26. The number of hydrogen-bond donors (Lipinski definition) is 2. The van der Waals surface area contributed by atoms with E-state index in [0.717, 1.165) is 6.42 Å². The summed E-state index contributed by atoms with van der Waals surface area (Å²) in [6.45, 7) is 5.48. The third kappa shape index (κ3) is 7.09. The van der Waals surface area contributed by atoms with Gasteiger partial charge in [0.15, 0.2) is 0 Å². The summed E-state index contributed by atoms with van der Waals surface area (Å²) in [6, 6.07) is -0.423. The minimum atomic E-state index is -0.423. The van der Waals surface area contributed by atoms with Crippen molar-refractivity contribution in [3.8, 4) is 0 Å². The van der Waals surface area contributed by atoms with Gasteiger partial charge in [-0.15, -0.1) is 0 Å². The van der Waals surface area contributed by atoms with Crippen LogP contribution in [-0.2, 0) is 9.53 Å². The molecule has 5 heteroatoms. The Morgan fingerprint density at radius 1 is 1.56 bits per heavy atom. The third-order valence-electron chi connectivity index (χ3n) is 2.44. The molecular formula is C11H24N2O2S. The number of carbonyl (C=O) groups is 1. The first-order valence-electron chi connectivity index (χ1n) is 5.50. The van der Waals surface area contributed by atoms with Gasteiger partial charge >= 0.3 is 0 Å². The normalized spacial score (nSPS) is 13.6. The van der Waals surface area contributed by atoms with Crippen LogP contribution in [0.25, 0.3) is 0 Å². The van der Waals surface area contributed by atoms with Crippen LogP contribution in [0.4, 0.5) is 0 Å². The molecule has 0 spiro atoms. The predicted octanol–water partition coefficient (Wildman–Crippen LogP) is 0.998. The third-order valence-corrected chi connectivity index (χ3v) is 3.69. The summed E-state index contributed by atoms with van der Waals surface area (Å²) >= 11 is 1.73. The smallest absolute Gasteiger partial charge is 0.236 e. The van der Waals surface area contributed by atoms with E-state index < -0.39 is 6.04 Å². The van der Waals surface area contributed by atoms with Crippen LogP contribution in [-0.4, -0.2) is 43.2 Å². The lowest BCUT2D eigenvalue weighted by atomic mass is 10.1. The molecular weight excluding hydrogens is 224 g/mol. The molecule has 0 radical (unpaired) electrons. The van der Waals surface area contributed by atoms with Gasteiger partial charge in [-0.25, -0.2) is 0 Å². The zero-order valence-electron chi connectivity index (χ0n) is 10.7. The predicted molar refractivity (Wildman–Crippen MR) is 69.7 cm³/mol. The molecule has 3 N–H and O–H groups in total. The van der Waals surface area contributed by atoms with Gasteiger partial charge in [-0.2, -0.15) is 11.8 Å². The van der Waals surface area contributed by atoms with Gasteiger partial charge in [0.2, 0.25) is 5.91 Å². The van der Waals surface area contributed by atoms with Crippen LogP contribution in [0.3, 0.4) is 0 Å². The van der Waals surface area contributed by atoms with E-state index >= 15 is 0 Å². The molecule has 0 aromatic heterocycles. The van der Waals surface area contributed by atoms with Crippen molar-refractivity contribution in [1.29, 1.82) is 0 Å². The maximum Gasteiger partial charge on any atom is 0.236 e. The summed E-state index contributed by atoms with van der Waals surface area (Å²) < 4.78 is 4.97. The van der Waals surface area contributed by atoms with Crippen molar-refractivity contribution in [2.75, 3.05) is 26.5 Å². The number of amides is 1. The van der Waals surface area contributed by atoms with E-state index in [4.69, 9.17) is 10.5 Å². The number of hydrogen-bond acceptors (Lipinski definition) is 4. The SMILES string of the molecule is COCCCC(N)C(=O)NCC(C)(C)SC. The first-order valence-corrected chi connectivity index (χ1v) is 6.73. The number of thioether (sulfide) groups is 1. The fourth-order valence-electron chi connectivity index (χ4n) is 1.08.